The van der Waals surface area contributed by atoms with Gasteiger partial charge in [-0.15, -0.1) is 0 Å². The van der Waals surface area contributed by atoms with Crippen LogP contribution in [0.4, 0.5) is 0 Å². The van der Waals surface area contributed by atoms with Crippen molar-refractivity contribution in [1.82, 2.24) is 5.32 Å². The van der Waals surface area contributed by atoms with Gasteiger partial charge in [0.2, 0.25) is 0 Å². The van der Waals surface area contributed by atoms with Crippen LogP contribution in [0.25, 0.3) is 0 Å². The van der Waals surface area contributed by atoms with E-state index in [1.165, 1.54) is 6.92 Å². The first-order valence-electron chi connectivity index (χ1n) is 6.13. The van der Waals surface area contributed by atoms with E-state index in [4.69, 9.17) is 5.11 Å². The van der Waals surface area contributed by atoms with Crippen LogP contribution >= 0.6 is 0 Å². The minimum atomic E-state index is -1.79. The van der Waals surface area contributed by atoms with Crippen molar-refractivity contribution >= 4 is 5.97 Å². The summed E-state index contributed by atoms with van der Waals surface area (Å²) in [6.45, 7) is 3.32. The Kier molecular flexibility index (Phi) is 4.52. The molecule has 5 heteroatoms. The second-order valence-corrected chi connectivity index (χ2v) is 5.57. The van der Waals surface area contributed by atoms with E-state index in [9.17, 15) is 15.0 Å². The third-order valence-corrected chi connectivity index (χ3v) is 3.66. The van der Waals surface area contributed by atoms with Crippen molar-refractivity contribution in [3.05, 3.63) is 0 Å². The van der Waals surface area contributed by atoms with Crippen molar-refractivity contribution in [2.75, 3.05) is 13.2 Å². The standard InChI is InChI=1S/C12H23NO4/c1-9-4-3-5-12(6-9,8-14)13-7-11(2,17)10(15)16/h9,13-14,17H,3-8H2,1-2H3,(H,15,16). The molecule has 0 aromatic carbocycles. The van der Waals surface area contributed by atoms with E-state index in [0.29, 0.717) is 5.92 Å². The summed E-state index contributed by atoms with van der Waals surface area (Å²) in [6.07, 6.45) is 3.80. The van der Waals surface area contributed by atoms with E-state index in [1.54, 1.807) is 0 Å². The molecule has 17 heavy (non-hydrogen) atoms. The van der Waals surface area contributed by atoms with Crippen LogP contribution in [0.1, 0.15) is 39.5 Å². The van der Waals surface area contributed by atoms with Crippen molar-refractivity contribution in [2.24, 2.45) is 5.92 Å². The predicted molar refractivity (Wildman–Crippen MR) is 63.7 cm³/mol. The predicted octanol–water partition coefficient (Wildman–Crippen LogP) is 0.353. The number of nitrogens with one attached hydrogen (secondary N) is 1. The van der Waals surface area contributed by atoms with Gasteiger partial charge in [0, 0.05) is 12.1 Å². The second-order valence-electron chi connectivity index (χ2n) is 5.57. The van der Waals surface area contributed by atoms with Crippen molar-refractivity contribution in [3.63, 3.8) is 0 Å². The lowest BCUT2D eigenvalue weighted by molar-refractivity contribution is -0.156. The first-order valence-corrected chi connectivity index (χ1v) is 6.13. The fraction of sp³-hybridized carbons (Fsp3) is 0.917. The van der Waals surface area contributed by atoms with Gasteiger partial charge in [-0.05, 0) is 25.7 Å². The van der Waals surface area contributed by atoms with Gasteiger partial charge in [0.25, 0.3) is 0 Å². The van der Waals surface area contributed by atoms with Crippen LogP contribution in [0.2, 0.25) is 0 Å². The largest absolute Gasteiger partial charge is 0.479 e. The molecule has 4 N–H and O–H groups in total. The van der Waals surface area contributed by atoms with Gasteiger partial charge >= 0.3 is 5.97 Å². The monoisotopic (exact) mass is 245 g/mol. The van der Waals surface area contributed by atoms with Crippen molar-refractivity contribution in [2.45, 2.75) is 50.7 Å². The maximum atomic E-state index is 10.8. The Morgan fingerprint density at radius 1 is 1.59 bits per heavy atom. The van der Waals surface area contributed by atoms with Crippen LogP contribution in [0.5, 0.6) is 0 Å². The summed E-state index contributed by atoms with van der Waals surface area (Å²) in [7, 11) is 0. The van der Waals surface area contributed by atoms with E-state index >= 15 is 0 Å². The smallest absolute Gasteiger partial charge is 0.336 e. The zero-order chi connectivity index (χ0) is 13.1. The summed E-state index contributed by atoms with van der Waals surface area (Å²) < 4.78 is 0. The third kappa shape index (κ3) is 3.66. The summed E-state index contributed by atoms with van der Waals surface area (Å²) in [5.74, 6) is -0.736. The number of rotatable bonds is 5. The molecule has 0 amide bonds. The first-order chi connectivity index (χ1) is 7.81. The van der Waals surface area contributed by atoms with Gasteiger partial charge in [-0.2, -0.15) is 0 Å². The summed E-state index contributed by atoms with van der Waals surface area (Å²) in [5, 5.41) is 31.0. The fourth-order valence-corrected chi connectivity index (χ4v) is 2.46. The molecule has 0 spiro atoms. The second kappa shape index (κ2) is 5.33. The number of carbonyl (C=O) groups is 1. The molecule has 3 unspecified atom stereocenters. The van der Waals surface area contributed by atoms with Crippen LogP contribution in [-0.4, -0.2) is 45.6 Å². The Labute approximate surface area is 102 Å². The first kappa shape index (κ1) is 14.4. The van der Waals surface area contributed by atoms with Gasteiger partial charge in [0.05, 0.1) is 6.61 Å². The van der Waals surface area contributed by atoms with Crippen molar-refractivity contribution in [3.8, 4) is 0 Å². The molecular weight excluding hydrogens is 222 g/mol. The molecule has 0 aromatic heterocycles. The Hall–Kier alpha value is -0.650. The van der Waals surface area contributed by atoms with Crippen molar-refractivity contribution < 1.29 is 20.1 Å². The summed E-state index contributed by atoms with van der Waals surface area (Å²) in [4.78, 5) is 10.8. The maximum absolute atomic E-state index is 10.8. The number of carboxylic acid groups (broad SMARTS) is 1. The summed E-state index contributed by atoms with van der Waals surface area (Å²) in [6, 6.07) is 0. The Morgan fingerprint density at radius 2 is 2.24 bits per heavy atom. The van der Waals surface area contributed by atoms with E-state index < -0.39 is 17.1 Å². The molecule has 0 saturated heterocycles. The zero-order valence-electron chi connectivity index (χ0n) is 10.6. The van der Waals surface area contributed by atoms with Gasteiger partial charge in [-0.1, -0.05) is 19.8 Å². The van der Waals surface area contributed by atoms with Gasteiger partial charge in [0.1, 0.15) is 0 Å². The number of aliphatic hydroxyl groups is 2. The third-order valence-electron chi connectivity index (χ3n) is 3.66. The maximum Gasteiger partial charge on any atom is 0.336 e. The van der Waals surface area contributed by atoms with E-state index in [2.05, 4.69) is 12.2 Å². The topological polar surface area (TPSA) is 89.8 Å². The van der Waals surface area contributed by atoms with Gasteiger partial charge in [-0.3, -0.25) is 0 Å². The average molecular weight is 245 g/mol. The Bertz CT molecular complexity index is 280. The number of hydrogen-bond acceptors (Lipinski definition) is 4. The molecule has 1 fully saturated rings. The minimum Gasteiger partial charge on any atom is -0.479 e. The van der Waals surface area contributed by atoms with Crippen LogP contribution in [0.3, 0.4) is 0 Å². The van der Waals surface area contributed by atoms with E-state index in [-0.39, 0.29) is 13.2 Å². The Morgan fingerprint density at radius 3 is 2.71 bits per heavy atom. The molecule has 1 saturated carbocycles. The lowest BCUT2D eigenvalue weighted by atomic mass is 9.76. The molecule has 0 bridgehead atoms. The summed E-state index contributed by atoms with van der Waals surface area (Å²) >= 11 is 0. The van der Waals surface area contributed by atoms with Gasteiger partial charge < -0.3 is 20.6 Å². The van der Waals surface area contributed by atoms with E-state index in [0.717, 1.165) is 25.7 Å². The molecule has 0 aliphatic heterocycles. The molecular formula is C12H23NO4. The highest BCUT2D eigenvalue weighted by atomic mass is 16.4. The lowest BCUT2D eigenvalue weighted by Crippen LogP contribution is -2.57. The zero-order valence-corrected chi connectivity index (χ0v) is 10.6. The quantitative estimate of drug-likeness (QED) is 0.561. The van der Waals surface area contributed by atoms with Gasteiger partial charge in [0.15, 0.2) is 5.60 Å². The molecule has 0 heterocycles. The molecule has 3 atom stereocenters. The highest BCUT2D eigenvalue weighted by Gasteiger charge is 2.38. The molecule has 1 rings (SSSR count). The minimum absolute atomic E-state index is 0.0208. The van der Waals surface area contributed by atoms with Crippen LogP contribution in [0.15, 0.2) is 0 Å². The normalized spacial score (nSPS) is 33.1. The van der Waals surface area contributed by atoms with Crippen LogP contribution < -0.4 is 5.32 Å². The number of β-amino-alcohol motifs (C(OH)–C–C–N with tert-alkyl or cyclic N) is 1. The number of hydrogen-bond donors (Lipinski definition) is 4. The number of aliphatic carboxylic acids is 1. The molecule has 5 nitrogen and oxygen atoms in total. The highest BCUT2D eigenvalue weighted by Crippen LogP contribution is 2.32. The molecule has 0 radical (unpaired) electrons. The highest BCUT2D eigenvalue weighted by molar-refractivity contribution is 5.76. The van der Waals surface area contributed by atoms with Crippen molar-refractivity contribution in [1.29, 1.82) is 0 Å². The van der Waals surface area contributed by atoms with Gasteiger partial charge in [-0.25, -0.2) is 4.79 Å². The Balaban J connectivity index is 2.60. The molecule has 1 aliphatic rings. The summed E-state index contributed by atoms with van der Waals surface area (Å²) in [5.41, 5.74) is -2.22. The van der Waals surface area contributed by atoms with E-state index in [1.807, 2.05) is 0 Å². The van der Waals surface area contributed by atoms with Crippen LogP contribution in [-0.2, 0) is 4.79 Å². The fourth-order valence-electron chi connectivity index (χ4n) is 2.46. The lowest BCUT2D eigenvalue weighted by Gasteiger charge is -2.40. The SMILES string of the molecule is CC1CCCC(CO)(NCC(C)(O)C(=O)O)C1. The average Bonchev–Trinajstić information content (AvgIpc) is 2.26. The number of carboxylic acids is 1. The molecule has 100 valence electrons. The molecule has 1 aliphatic carbocycles. The molecule has 0 aromatic rings. The number of aliphatic hydroxyl groups excluding tert-OH is 1. The van der Waals surface area contributed by atoms with Crippen LogP contribution in [0, 0.1) is 5.92 Å².